The second kappa shape index (κ2) is 33.7. The van der Waals surface area contributed by atoms with Crippen LogP contribution in [0.5, 0.6) is 0 Å². The minimum absolute atomic E-state index is 0.0703. The minimum Gasteiger partial charge on any atom is -0.481 e. The summed E-state index contributed by atoms with van der Waals surface area (Å²) in [5.74, 6) is -6.03. The maximum atomic E-state index is 14.9. The molecule has 0 radical (unpaired) electrons. The van der Waals surface area contributed by atoms with Crippen LogP contribution in [0, 0.1) is 17.3 Å². The second-order valence-electron chi connectivity index (χ2n) is 23.6. The highest BCUT2D eigenvalue weighted by Crippen LogP contribution is 2.32. The molecule has 86 heavy (non-hydrogen) atoms. The predicted molar refractivity (Wildman–Crippen MR) is 319 cm³/mol. The smallest absolute Gasteiger partial charge is 0.410 e. The fourth-order valence-corrected chi connectivity index (χ4v) is 9.55. The van der Waals surface area contributed by atoms with Gasteiger partial charge in [-0.25, -0.2) is 9.59 Å². The number of primary amides is 1. The third-order valence-corrected chi connectivity index (χ3v) is 14.6. The zero-order valence-electron chi connectivity index (χ0n) is 51.5. The molecule has 1 aliphatic heterocycles. The van der Waals surface area contributed by atoms with Crippen molar-refractivity contribution in [2.24, 2.45) is 23.0 Å². The van der Waals surface area contributed by atoms with E-state index < -0.39 is 101 Å². The molecule has 0 spiro atoms. The molecule has 25 nitrogen and oxygen atoms in total. The van der Waals surface area contributed by atoms with Gasteiger partial charge >= 0.3 is 18.1 Å². The monoisotopic (exact) mass is 1200 g/mol. The molecule has 11 amide bonds. The Hall–Kier alpha value is -8.64. The number of hydrogen-bond acceptors (Lipinski definition) is 14. The van der Waals surface area contributed by atoms with Crippen molar-refractivity contribution in [3.63, 3.8) is 0 Å². The minimum atomic E-state index is -1.28. The number of amides is 11. The molecule has 0 aromatic heterocycles. The van der Waals surface area contributed by atoms with E-state index in [1.165, 1.54) is 35.9 Å². The average molecular weight is 1200 g/mol. The van der Waals surface area contributed by atoms with Crippen LogP contribution in [0.3, 0.4) is 0 Å². The third-order valence-electron chi connectivity index (χ3n) is 14.6. The highest BCUT2D eigenvalue weighted by atomic mass is 16.6. The number of aliphatic carboxylic acids is 1. The van der Waals surface area contributed by atoms with Crippen LogP contribution in [0.1, 0.15) is 132 Å². The Morgan fingerprint density at radius 2 is 1.36 bits per heavy atom. The number of nitrogens with two attached hydrogens (primary N) is 1. The molecule has 0 unspecified atom stereocenters. The summed E-state index contributed by atoms with van der Waals surface area (Å²) >= 11 is 0. The lowest BCUT2D eigenvalue weighted by molar-refractivity contribution is -0.143. The van der Waals surface area contributed by atoms with E-state index in [0.717, 1.165) is 4.90 Å². The first-order valence-electron chi connectivity index (χ1n) is 28.7. The van der Waals surface area contributed by atoms with E-state index in [2.05, 4.69) is 31.9 Å². The van der Waals surface area contributed by atoms with Crippen molar-refractivity contribution in [2.75, 3.05) is 32.5 Å². The van der Waals surface area contributed by atoms with Crippen LogP contribution in [0.15, 0.2) is 78.4 Å². The number of urea groups is 1. The van der Waals surface area contributed by atoms with Gasteiger partial charge in [-0.15, -0.1) is 0 Å². The molecule has 9 N–H and O–H groups in total. The number of benzene rings is 2. The van der Waals surface area contributed by atoms with Crippen LogP contribution in [0.2, 0.25) is 0 Å². The Kier molecular flexibility index (Phi) is 28.1. The molecule has 0 bridgehead atoms. The quantitative estimate of drug-likeness (QED) is 0.0157. The fourth-order valence-electron chi connectivity index (χ4n) is 9.55. The third kappa shape index (κ3) is 22.4. The molecule has 0 saturated carbocycles. The largest absolute Gasteiger partial charge is 0.481 e. The number of nitrogens with zero attached hydrogens (tertiary/aromatic N) is 3. The van der Waals surface area contributed by atoms with Crippen molar-refractivity contribution in [1.29, 1.82) is 0 Å². The molecule has 0 fully saturated rings. The molecule has 0 saturated heterocycles. The molecular formula is C61H88N10O15. The lowest BCUT2D eigenvalue weighted by atomic mass is 9.76. The highest BCUT2D eigenvalue weighted by molar-refractivity contribution is 6.12. The molecule has 472 valence electrons. The molecule has 6 atom stereocenters. The number of unbranched alkanes of at least 4 members (excludes halogenated alkanes) is 2. The lowest BCUT2D eigenvalue weighted by Gasteiger charge is -2.42. The first-order valence-corrected chi connectivity index (χ1v) is 28.7. The topological polar surface area (TPSA) is 351 Å². The van der Waals surface area contributed by atoms with Gasteiger partial charge in [-0.1, -0.05) is 117 Å². The van der Waals surface area contributed by atoms with Crippen LogP contribution in [-0.2, 0) is 69.4 Å². The lowest BCUT2D eigenvalue weighted by Crippen LogP contribution is -2.63. The molecular weight excluding hydrogens is 1110 g/mol. The summed E-state index contributed by atoms with van der Waals surface area (Å²) in [5.41, 5.74) is 4.88. The first kappa shape index (κ1) is 71.6. The van der Waals surface area contributed by atoms with Gasteiger partial charge in [0, 0.05) is 68.9 Å². The molecule has 1 heterocycles. The molecule has 2 aromatic rings. The molecule has 3 rings (SSSR count). The summed E-state index contributed by atoms with van der Waals surface area (Å²) in [7, 11) is 2.96. The zero-order valence-corrected chi connectivity index (χ0v) is 51.5. The summed E-state index contributed by atoms with van der Waals surface area (Å²) in [6, 6.07) is 9.27. The van der Waals surface area contributed by atoms with Gasteiger partial charge in [0.05, 0.1) is 12.5 Å². The predicted octanol–water partition coefficient (Wildman–Crippen LogP) is 4.54. The van der Waals surface area contributed by atoms with Gasteiger partial charge in [-0.2, -0.15) is 0 Å². The standard InChI is InChI=1S/C61H88N10O15/c1-37(2)44(34-39(5)53(78)67-46(86-36-72)28-31-49(76)77)69(11)57(82)51(60(6,7)8)68-56(81)52(61(9,10)41-20-15-13-16-21-41)70(12)59(84)85-35-40-24-26-42(27-25-40)64-54(79)43(22-19-32-63-58(62)83)65-55(80)50(38(3)4)66-45(73)23-17-14-18-33-71-47(74)29-30-48(71)75/h13,15-16,20-21,24-27,29-30,34,36-38,43-44,46,50-52H,14,17-19,22-23,28,31-33,35H2,1-12H3,(H,64,79)(H,65,80)(H,66,73)(H,67,78)(H,68,81)(H,76,77)(H3,62,63,83)/b39-34+/t43-,44+,46-,50-,51+,52+/m0/s1. The van der Waals surface area contributed by atoms with Crippen LogP contribution in [0.25, 0.3) is 0 Å². The summed E-state index contributed by atoms with van der Waals surface area (Å²) < 4.78 is 10.7. The number of imide groups is 1. The van der Waals surface area contributed by atoms with Crippen LogP contribution < -0.4 is 37.6 Å². The van der Waals surface area contributed by atoms with Gasteiger partial charge in [0.2, 0.25) is 35.4 Å². The number of carboxylic acid groups (broad SMARTS) is 1. The number of likely N-dealkylation sites (N-methyl/N-ethyl adjacent to an activating group) is 2. The van der Waals surface area contributed by atoms with Crippen LogP contribution in [-0.4, -0.2) is 155 Å². The Balaban J connectivity index is 1.79. The van der Waals surface area contributed by atoms with Crippen LogP contribution in [0.4, 0.5) is 15.3 Å². The van der Waals surface area contributed by atoms with Gasteiger partial charge in [0.25, 0.3) is 18.3 Å². The maximum absolute atomic E-state index is 14.9. The number of rotatable bonds is 34. The molecule has 2 aromatic carbocycles. The SMILES string of the molecule is C/C(=C\[C@H](C(C)C)N(C)C(=O)[C@@H](NC(=O)[C@@H](N(C)C(=O)OCc1ccc(NC(=O)[C@H](CCCNC(N)=O)NC(=O)[C@@H](NC(=O)CCCCCN2C(=O)C=CC2=O)C(C)C)cc1)C(C)(C)c1ccccc1)C(C)(C)C)C(=O)N[C@H](CCC(=O)O)OC=O. The number of nitrogens with one attached hydrogen (secondary N) is 6. The van der Waals surface area contributed by atoms with E-state index in [9.17, 15) is 57.5 Å². The normalized spacial score (nSPS) is 14.6. The number of anilines is 1. The molecule has 1 aliphatic rings. The van der Waals surface area contributed by atoms with E-state index in [0.29, 0.717) is 36.1 Å². The summed E-state index contributed by atoms with van der Waals surface area (Å²) in [6.45, 7) is 17.7. The van der Waals surface area contributed by atoms with E-state index in [1.54, 1.807) is 98.0 Å². The van der Waals surface area contributed by atoms with Crippen molar-refractivity contribution in [1.82, 2.24) is 41.3 Å². The number of carbonyl (C=O) groups is 12. The zero-order chi connectivity index (χ0) is 64.6. The number of carboxylic acids is 1. The van der Waals surface area contributed by atoms with Crippen molar-refractivity contribution in [2.45, 2.75) is 169 Å². The van der Waals surface area contributed by atoms with Gasteiger partial charge < -0.3 is 57.1 Å². The molecule has 25 heteroatoms. The van der Waals surface area contributed by atoms with Crippen molar-refractivity contribution in [3.8, 4) is 0 Å². The number of hydrogen-bond donors (Lipinski definition) is 8. The summed E-state index contributed by atoms with van der Waals surface area (Å²) in [4.78, 5) is 159. The van der Waals surface area contributed by atoms with Gasteiger partial charge in [0.15, 0.2) is 6.23 Å². The van der Waals surface area contributed by atoms with Crippen LogP contribution >= 0.6 is 0 Å². The van der Waals surface area contributed by atoms with Crippen molar-refractivity contribution < 1.29 is 72.1 Å². The Morgan fingerprint density at radius 3 is 1.92 bits per heavy atom. The Bertz CT molecular complexity index is 2760. The molecule has 0 aliphatic carbocycles. The maximum Gasteiger partial charge on any atom is 0.410 e. The van der Waals surface area contributed by atoms with Crippen molar-refractivity contribution >= 4 is 77.5 Å². The van der Waals surface area contributed by atoms with E-state index >= 15 is 0 Å². The summed E-state index contributed by atoms with van der Waals surface area (Å²) in [6.07, 6.45) is 3.20. The average Bonchev–Trinajstić information content (AvgIpc) is 2.86. The second-order valence-corrected chi connectivity index (χ2v) is 23.6. The summed E-state index contributed by atoms with van der Waals surface area (Å²) in [5, 5.41) is 25.3. The number of carbonyl (C=O) groups excluding carboxylic acids is 11. The fraction of sp³-hybridized carbons (Fsp3) is 0.541. The van der Waals surface area contributed by atoms with E-state index in [1.807, 2.05) is 32.0 Å². The Labute approximate surface area is 503 Å². The number of ether oxygens (including phenoxy) is 2. The van der Waals surface area contributed by atoms with Gasteiger partial charge in [-0.3, -0.25) is 57.7 Å². The van der Waals surface area contributed by atoms with Gasteiger partial charge in [0.1, 0.15) is 30.8 Å². The van der Waals surface area contributed by atoms with E-state index in [-0.39, 0.29) is 87.5 Å². The van der Waals surface area contributed by atoms with Gasteiger partial charge in [-0.05, 0) is 73.1 Å². The Morgan fingerprint density at radius 1 is 0.733 bits per heavy atom. The van der Waals surface area contributed by atoms with E-state index in [4.69, 9.17) is 20.3 Å². The first-order chi connectivity index (χ1) is 40.3. The highest BCUT2D eigenvalue weighted by Gasteiger charge is 2.46. The van der Waals surface area contributed by atoms with Crippen molar-refractivity contribution in [3.05, 3.63) is 89.5 Å².